The van der Waals surface area contributed by atoms with E-state index in [1.807, 2.05) is 30.3 Å². The van der Waals surface area contributed by atoms with E-state index in [9.17, 15) is 10.1 Å². The monoisotopic (exact) mass is 249 g/mol. The van der Waals surface area contributed by atoms with Crippen LogP contribution in [0.3, 0.4) is 0 Å². The summed E-state index contributed by atoms with van der Waals surface area (Å²) < 4.78 is 0. The van der Waals surface area contributed by atoms with Gasteiger partial charge in [0, 0.05) is 0 Å². The van der Waals surface area contributed by atoms with Gasteiger partial charge in [-0.1, -0.05) is 42.5 Å². The van der Waals surface area contributed by atoms with Crippen LogP contribution in [0.25, 0.3) is 11.6 Å². The molecule has 19 heavy (non-hydrogen) atoms. The summed E-state index contributed by atoms with van der Waals surface area (Å²) in [7, 11) is 0. The molecule has 2 aromatic rings. The van der Waals surface area contributed by atoms with Crippen LogP contribution in [-0.4, -0.2) is 11.1 Å². The number of nitrogens with zero attached hydrogens (tertiary/aromatic N) is 1. The highest BCUT2D eigenvalue weighted by Crippen LogP contribution is 2.17. The molecule has 92 valence electrons. The van der Waals surface area contributed by atoms with Gasteiger partial charge in [-0.3, -0.25) is 0 Å². The Morgan fingerprint density at radius 1 is 1.00 bits per heavy atom. The quantitative estimate of drug-likeness (QED) is 0.669. The van der Waals surface area contributed by atoms with Crippen molar-refractivity contribution >= 4 is 17.6 Å². The SMILES string of the molecule is N#C/C(=C\c1ccc(C(=O)O)cc1)c1ccccc1. The highest BCUT2D eigenvalue weighted by Gasteiger charge is 2.02. The first-order chi connectivity index (χ1) is 9.20. The Labute approximate surface area is 111 Å². The van der Waals surface area contributed by atoms with Crippen LogP contribution >= 0.6 is 0 Å². The molecule has 3 nitrogen and oxygen atoms in total. The van der Waals surface area contributed by atoms with Crippen molar-refractivity contribution < 1.29 is 9.90 Å². The van der Waals surface area contributed by atoms with Crippen molar-refractivity contribution in [1.82, 2.24) is 0 Å². The molecule has 2 aromatic carbocycles. The molecule has 0 unspecified atom stereocenters. The number of allylic oxidation sites excluding steroid dienone is 1. The van der Waals surface area contributed by atoms with Gasteiger partial charge < -0.3 is 5.11 Å². The van der Waals surface area contributed by atoms with Crippen LogP contribution in [-0.2, 0) is 0 Å². The molecule has 0 atom stereocenters. The van der Waals surface area contributed by atoms with Gasteiger partial charge >= 0.3 is 5.97 Å². The molecule has 0 amide bonds. The summed E-state index contributed by atoms with van der Waals surface area (Å²) in [4.78, 5) is 10.7. The Hall–Kier alpha value is -2.86. The number of hydrogen-bond donors (Lipinski definition) is 1. The molecule has 0 aliphatic carbocycles. The van der Waals surface area contributed by atoms with Gasteiger partial charge in [0.1, 0.15) is 0 Å². The first kappa shape index (κ1) is 12.6. The zero-order chi connectivity index (χ0) is 13.7. The predicted molar refractivity (Wildman–Crippen MR) is 73.3 cm³/mol. The van der Waals surface area contributed by atoms with E-state index in [2.05, 4.69) is 6.07 Å². The molecule has 3 heteroatoms. The molecule has 0 saturated carbocycles. The maximum atomic E-state index is 10.7. The van der Waals surface area contributed by atoms with E-state index in [1.54, 1.807) is 18.2 Å². The van der Waals surface area contributed by atoms with Crippen molar-refractivity contribution in [2.75, 3.05) is 0 Å². The number of hydrogen-bond acceptors (Lipinski definition) is 2. The van der Waals surface area contributed by atoms with Gasteiger partial charge in [0.05, 0.1) is 17.2 Å². The second-order valence-corrected chi connectivity index (χ2v) is 3.96. The van der Waals surface area contributed by atoms with Gasteiger partial charge in [0.2, 0.25) is 0 Å². The number of rotatable bonds is 3. The number of carbonyl (C=O) groups is 1. The Morgan fingerprint density at radius 3 is 2.16 bits per heavy atom. The minimum Gasteiger partial charge on any atom is -0.478 e. The average Bonchev–Trinajstić information content (AvgIpc) is 2.46. The molecule has 1 N–H and O–H groups in total. The van der Waals surface area contributed by atoms with E-state index in [0.717, 1.165) is 11.1 Å². The van der Waals surface area contributed by atoms with Gasteiger partial charge in [0.25, 0.3) is 0 Å². The molecule has 2 rings (SSSR count). The van der Waals surface area contributed by atoms with Crippen LogP contribution in [0.15, 0.2) is 54.6 Å². The first-order valence-electron chi connectivity index (χ1n) is 5.71. The van der Waals surface area contributed by atoms with Crippen LogP contribution in [0.1, 0.15) is 21.5 Å². The summed E-state index contributed by atoms with van der Waals surface area (Å²) in [5.41, 5.74) is 2.41. The molecule has 0 heterocycles. The Bertz CT molecular complexity index is 649. The lowest BCUT2D eigenvalue weighted by molar-refractivity contribution is 0.0697. The third-order valence-corrected chi connectivity index (χ3v) is 2.67. The number of benzene rings is 2. The van der Waals surface area contributed by atoms with Crippen molar-refractivity contribution in [3.63, 3.8) is 0 Å². The Morgan fingerprint density at radius 2 is 1.63 bits per heavy atom. The molecule has 0 spiro atoms. The normalized spacial score (nSPS) is 10.8. The second-order valence-electron chi connectivity index (χ2n) is 3.96. The fourth-order valence-corrected chi connectivity index (χ4v) is 1.69. The van der Waals surface area contributed by atoms with E-state index < -0.39 is 5.97 Å². The van der Waals surface area contributed by atoms with Crippen molar-refractivity contribution in [3.05, 3.63) is 71.3 Å². The average molecular weight is 249 g/mol. The number of carboxylic acid groups (broad SMARTS) is 1. The fourth-order valence-electron chi connectivity index (χ4n) is 1.69. The number of nitriles is 1. The predicted octanol–water partition coefficient (Wildman–Crippen LogP) is 3.45. The van der Waals surface area contributed by atoms with Crippen molar-refractivity contribution in [1.29, 1.82) is 5.26 Å². The van der Waals surface area contributed by atoms with Crippen molar-refractivity contribution in [3.8, 4) is 6.07 Å². The smallest absolute Gasteiger partial charge is 0.335 e. The number of carboxylic acids is 1. The lowest BCUT2D eigenvalue weighted by atomic mass is 10.0. The van der Waals surface area contributed by atoms with Crippen LogP contribution in [0, 0.1) is 11.3 Å². The van der Waals surface area contributed by atoms with Gasteiger partial charge in [0.15, 0.2) is 0 Å². The molecule has 0 aliphatic heterocycles. The molecular weight excluding hydrogens is 238 g/mol. The van der Waals surface area contributed by atoms with E-state index in [0.29, 0.717) is 5.57 Å². The first-order valence-corrected chi connectivity index (χ1v) is 5.71. The maximum absolute atomic E-state index is 10.7. The summed E-state index contributed by atoms with van der Waals surface area (Å²) in [5.74, 6) is -0.959. The molecule has 0 aromatic heterocycles. The van der Waals surface area contributed by atoms with E-state index in [1.165, 1.54) is 12.1 Å². The third kappa shape index (κ3) is 3.08. The van der Waals surface area contributed by atoms with Crippen LogP contribution < -0.4 is 0 Å². The van der Waals surface area contributed by atoms with E-state index in [-0.39, 0.29) is 5.56 Å². The minimum atomic E-state index is -0.959. The maximum Gasteiger partial charge on any atom is 0.335 e. The largest absolute Gasteiger partial charge is 0.478 e. The van der Waals surface area contributed by atoms with Gasteiger partial charge in [-0.2, -0.15) is 5.26 Å². The third-order valence-electron chi connectivity index (χ3n) is 2.67. The molecule has 0 saturated heterocycles. The van der Waals surface area contributed by atoms with Gasteiger partial charge in [-0.05, 0) is 29.3 Å². The lowest BCUT2D eigenvalue weighted by Crippen LogP contribution is -1.94. The van der Waals surface area contributed by atoms with Crippen LogP contribution in [0.5, 0.6) is 0 Å². The van der Waals surface area contributed by atoms with Crippen molar-refractivity contribution in [2.24, 2.45) is 0 Å². The molecule has 0 bridgehead atoms. The summed E-state index contributed by atoms with van der Waals surface area (Å²) >= 11 is 0. The highest BCUT2D eigenvalue weighted by atomic mass is 16.4. The van der Waals surface area contributed by atoms with E-state index in [4.69, 9.17) is 5.11 Å². The summed E-state index contributed by atoms with van der Waals surface area (Å²) in [6.07, 6.45) is 1.74. The Kier molecular flexibility index (Phi) is 3.75. The highest BCUT2D eigenvalue weighted by molar-refractivity contribution is 5.91. The Balaban J connectivity index is 2.34. The molecule has 0 aliphatic rings. The molecular formula is C16H11NO2. The zero-order valence-electron chi connectivity index (χ0n) is 10.1. The summed E-state index contributed by atoms with van der Waals surface area (Å²) in [5, 5.41) is 18.0. The summed E-state index contributed by atoms with van der Waals surface area (Å²) in [6, 6.07) is 17.9. The zero-order valence-corrected chi connectivity index (χ0v) is 10.1. The topological polar surface area (TPSA) is 61.1 Å². The standard InChI is InChI=1S/C16H11NO2/c17-11-15(13-4-2-1-3-5-13)10-12-6-8-14(9-7-12)16(18)19/h1-10H,(H,18,19)/b15-10+. The summed E-state index contributed by atoms with van der Waals surface area (Å²) in [6.45, 7) is 0. The number of aromatic carboxylic acids is 1. The second kappa shape index (κ2) is 5.65. The minimum absolute atomic E-state index is 0.232. The molecule has 0 radical (unpaired) electrons. The van der Waals surface area contributed by atoms with Crippen LogP contribution in [0.4, 0.5) is 0 Å². The lowest BCUT2D eigenvalue weighted by Gasteiger charge is -2.00. The van der Waals surface area contributed by atoms with Gasteiger partial charge in [-0.15, -0.1) is 0 Å². The van der Waals surface area contributed by atoms with E-state index >= 15 is 0 Å². The van der Waals surface area contributed by atoms with Crippen LogP contribution in [0.2, 0.25) is 0 Å². The molecule has 0 fully saturated rings. The van der Waals surface area contributed by atoms with Gasteiger partial charge in [-0.25, -0.2) is 4.79 Å². The fraction of sp³-hybridized carbons (Fsp3) is 0. The van der Waals surface area contributed by atoms with Crippen molar-refractivity contribution in [2.45, 2.75) is 0 Å².